The minimum Gasteiger partial charge on any atom is -0.355 e. The lowest BCUT2D eigenvalue weighted by Crippen LogP contribution is -2.49. The molecular formula is C9H18N2O3S. The number of rotatable bonds is 3. The van der Waals surface area contributed by atoms with Crippen LogP contribution in [0.1, 0.15) is 13.8 Å². The van der Waals surface area contributed by atoms with Gasteiger partial charge in [0.15, 0.2) is 9.84 Å². The first-order chi connectivity index (χ1) is 6.93. The van der Waals surface area contributed by atoms with E-state index in [0.29, 0.717) is 13.1 Å². The zero-order valence-electron chi connectivity index (χ0n) is 9.12. The van der Waals surface area contributed by atoms with E-state index in [2.05, 4.69) is 10.6 Å². The molecule has 0 aromatic heterocycles. The van der Waals surface area contributed by atoms with Crippen LogP contribution in [-0.4, -0.2) is 45.0 Å². The van der Waals surface area contributed by atoms with E-state index in [9.17, 15) is 13.2 Å². The molecule has 1 aliphatic rings. The van der Waals surface area contributed by atoms with E-state index >= 15 is 0 Å². The lowest BCUT2D eigenvalue weighted by molar-refractivity contribution is -0.123. The summed E-state index contributed by atoms with van der Waals surface area (Å²) < 4.78 is 23.1. The minimum absolute atomic E-state index is 0.101. The second-order valence-corrected chi connectivity index (χ2v) is 6.49. The van der Waals surface area contributed by atoms with Crippen LogP contribution in [0.5, 0.6) is 0 Å². The topological polar surface area (TPSA) is 75.3 Å². The number of sulfone groups is 1. The SMILES string of the molecule is CC(C)C(=O)NCC1CNCCS1(=O)=O. The molecule has 6 heteroatoms. The van der Waals surface area contributed by atoms with Gasteiger partial charge in [0.05, 0.1) is 11.0 Å². The predicted molar refractivity (Wildman–Crippen MR) is 58.3 cm³/mol. The average Bonchev–Trinajstić information content (AvgIpc) is 2.14. The molecule has 1 fully saturated rings. The molecule has 0 aromatic carbocycles. The maximum absolute atomic E-state index is 11.6. The fraction of sp³-hybridized carbons (Fsp3) is 0.889. The third-order valence-corrected chi connectivity index (χ3v) is 4.59. The number of amides is 1. The summed E-state index contributed by atoms with van der Waals surface area (Å²) in [6.07, 6.45) is 0. The Hall–Kier alpha value is -0.620. The van der Waals surface area contributed by atoms with Gasteiger partial charge in [-0.05, 0) is 0 Å². The molecule has 0 bridgehead atoms. The Kier molecular flexibility index (Phi) is 4.10. The largest absolute Gasteiger partial charge is 0.355 e. The monoisotopic (exact) mass is 234 g/mol. The zero-order chi connectivity index (χ0) is 11.5. The van der Waals surface area contributed by atoms with Gasteiger partial charge < -0.3 is 10.6 Å². The van der Waals surface area contributed by atoms with Gasteiger partial charge in [-0.25, -0.2) is 8.42 Å². The number of carbonyl (C=O) groups excluding carboxylic acids is 1. The molecule has 0 aliphatic carbocycles. The van der Waals surface area contributed by atoms with Crippen molar-refractivity contribution in [3.63, 3.8) is 0 Å². The lowest BCUT2D eigenvalue weighted by Gasteiger charge is -2.23. The maximum atomic E-state index is 11.6. The van der Waals surface area contributed by atoms with E-state index in [1.807, 2.05) is 0 Å². The van der Waals surface area contributed by atoms with Gasteiger partial charge in [-0.3, -0.25) is 4.79 Å². The molecule has 15 heavy (non-hydrogen) atoms. The van der Waals surface area contributed by atoms with Crippen LogP contribution in [0, 0.1) is 5.92 Å². The van der Waals surface area contributed by atoms with Gasteiger partial charge in [-0.15, -0.1) is 0 Å². The molecule has 1 heterocycles. The Labute approximate surface area is 90.5 Å². The first-order valence-electron chi connectivity index (χ1n) is 5.13. The number of hydrogen-bond acceptors (Lipinski definition) is 4. The molecular weight excluding hydrogens is 216 g/mol. The zero-order valence-corrected chi connectivity index (χ0v) is 9.93. The van der Waals surface area contributed by atoms with Crippen molar-refractivity contribution >= 4 is 15.7 Å². The predicted octanol–water partition coefficient (Wildman–Crippen LogP) is -0.855. The van der Waals surface area contributed by atoms with E-state index in [4.69, 9.17) is 0 Å². The van der Waals surface area contributed by atoms with Gasteiger partial charge >= 0.3 is 0 Å². The second-order valence-electron chi connectivity index (χ2n) is 4.09. The van der Waals surface area contributed by atoms with Gasteiger partial charge in [0.1, 0.15) is 0 Å². The summed E-state index contributed by atoms with van der Waals surface area (Å²) in [5, 5.41) is 5.18. The van der Waals surface area contributed by atoms with Crippen molar-refractivity contribution in [1.29, 1.82) is 0 Å². The van der Waals surface area contributed by atoms with Crippen LogP contribution >= 0.6 is 0 Å². The third kappa shape index (κ3) is 3.46. The van der Waals surface area contributed by atoms with E-state index < -0.39 is 15.1 Å². The summed E-state index contributed by atoms with van der Waals surface area (Å²) in [6.45, 7) is 4.72. The number of nitrogens with one attached hydrogen (secondary N) is 2. The quantitative estimate of drug-likeness (QED) is 0.666. The fourth-order valence-electron chi connectivity index (χ4n) is 1.39. The normalized spacial score (nSPS) is 25.1. The van der Waals surface area contributed by atoms with Gasteiger partial charge in [0.25, 0.3) is 0 Å². The van der Waals surface area contributed by atoms with Gasteiger partial charge in [-0.2, -0.15) is 0 Å². The fourth-order valence-corrected chi connectivity index (χ4v) is 2.86. The second kappa shape index (κ2) is 4.94. The number of carbonyl (C=O) groups is 1. The molecule has 1 rings (SSSR count). The van der Waals surface area contributed by atoms with Crippen molar-refractivity contribution in [3.8, 4) is 0 Å². The Morgan fingerprint density at radius 2 is 2.20 bits per heavy atom. The number of hydrogen-bond donors (Lipinski definition) is 2. The highest BCUT2D eigenvalue weighted by atomic mass is 32.2. The third-order valence-electron chi connectivity index (χ3n) is 2.47. The van der Waals surface area contributed by atoms with E-state index in [1.54, 1.807) is 13.8 Å². The van der Waals surface area contributed by atoms with E-state index in [1.165, 1.54) is 0 Å². The highest BCUT2D eigenvalue weighted by Gasteiger charge is 2.28. The maximum Gasteiger partial charge on any atom is 0.222 e. The minimum atomic E-state index is -3.02. The summed E-state index contributed by atoms with van der Waals surface area (Å²) in [4.78, 5) is 11.3. The van der Waals surface area contributed by atoms with Crippen molar-refractivity contribution in [2.24, 2.45) is 5.92 Å². The Bertz CT molecular complexity index is 324. The van der Waals surface area contributed by atoms with Crippen molar-refractivity contribution in [3.05, 3.63) is 0 Å². The lowest BCUT2D eigenvalue weighted by atomic mass is 10.2. The molecule has 88 valence electrons. The van der Waals surface area contributed by atoms with Crippen LogP contribution < -0.4 is 10.6 Å². The molecule has 0 spiro atoms. The van der Waals surface area contributed by atoms with Gasteiger partial charge in [0.2, 0.25) is 5.91 Å². The summed E-state index contributed by atoms with van der Waals surface area (Å²) in [6, 6.07) is 0. The summed E-state index contributed by atoms with van der Waals surface area (Å²) in [7, 11) is -3.02. The van der Waals surface area contributed by atoms with Crippen LogP contribution in [0.2, 0.25) is 0 Å². The van der Waals surface area contributed by atoms with E-state index in [-0.39, 0.29) is 24.1 Å². The highest BCUT2D eigenvalue weighted by Crippen LogP contribution is 2.05. The van der Waals surface area contributed by atoms with Crippen molar-refractivity contribution < 1.29 is 13.2 Å². The molecule has 0 saturated carbocycles. The van der Waals surface area contributed by atoms with Crippen LogP contribution in [0.25, 0.3) is 0 Å². The van der Waals surface area contributed by atoms with Crippen LogP contribution in [0.4, 0.5) is 0 Å². The molecule has 1 atom stereocenters. The molecule has 2 N–H and O–H groups in total. The molecule has 0 aromatic rings. The standard InChI is InChI=1S/C9H18N2O3S/c1-7(2)9(12)11-6-8-5-10-3-4-15(8,13)14/h7-8,10H,3-6H2,1-2H3,(H,11,12). The van der Waals surface area contributed by atoms with Crippen molar-refractivity contribution in [2.45, 2.75) is 19.1 Å². The van der Waals surface area contributed by atoms with Crippen LogP contribution in [-0.2, 0) is 14.6 Å². The van der Waals surface area contributed by atoms with Crippen molar-refractivity contribution in [1.82, 2.24) is 10.6 Å². The smallest absolute Gasteiger partial charge is 0.222 e. The Morgan fingerprint density at radius 1 is 1.53 bits per heavy atom. The Morgan fingerprint density at radius 3 is 2.73 bits per heavy atom. The molecule has 1 amide bonds. The molecule has 1 unspecified atom stereocenters. The summed E-state index contributed by atoms with van der Waals surface area (Å²) in [5.74, 6) is -0.0464. The molecule has 5 nitrogen and oxygen atoms in total. The Balaban J connectivity index is 2.47. The van der Waals surface area contributed by atoms with Crippen LogP contribution in [0.15, 0.2) is 0 Å². The average molecular weight is 234 g/mol. The van der Waals surface area contributed by atoms with Crippen molar-refractivity contribution in [2.75, 3.05) is 25.4 Å². The first kappa shape index (κ1) is 12.4. The summed E-state index contributed by atoms with van der Waals surface area (Å²) >= 11 is 0. The highest BCUT2D eigenvalue weighted by molar-refractivity contribution is 7.92. The first-order valence-corrected chi connectivity index (χ1v) is 6.85. The van der Waals surface area contributed by atoms with Crippen LogP contribution in [0.3, 0.4) is 0 Å². The molecule has 1 aliphatic heterocycles. The van der Waals surface area contributed by atoms with Gasteiger partial charge in [-0.1, -0.05) is 13.8 Å². The summed E-state index contributed by atoms with van der Waals surface area (Å²) in [5.41, 5.74) is 0. The van der Waals surface area contributed by atoms with Gasteiger partial charge in [0, 0.05) is 25.6 Å². The molecule has 0 radical (unpaired) electrons. The van der Waals surface area contributed by atoms with E-state index in [0.717, 1.165) is 0 Å². The molecule has 1 saturated heterocycles.